The molecule has 0 spiro atoms. The Morgan fingerprint density at radius 1 is 0.438 bits per heavy atom. The predicted molar refractivity (Wildman–Crippen MR) is 194 cm³/mol. The standard InChI is InChI=1S/C43H26N2O3/c1-2-8-27(9-3-1)28-14-17-30(18-15-28)45(31-20-23-40-36(25-31)33-10-4-6-12-38(33)46-40)32-19-21-34-35-24-29(16-22-39(35)47-42(34)26-32)43-44-37-11-5-7-13-41(37)48-43/h1-26H/i1D,2D,3D,8D,9D,14D,15D,17D,18D. The number of para-hydroxylation sites is 3. The molecule has 0 atom stereocenters. The fourth-order valence-corrected chi connectivity index (χ4v) is 6.21. The molecule has 0 N–H and O–H groups in total. The number of benzene rings is 7. The summed E-state index contributed by atoms with van der Waals surface area (Å²) >= 11 is 0. The number of aromatic nitrogens is 1. The van der Waals surface area contributed by atoms with E-state index in [-0.39, 0.29) is 5.69 Å². The van der Waals surface area contributed by atoms with E-state index in [1.54, 1.807) is 29.2 Å². The summed E-state index contributed by atoms with van der Waals surface area (Å²) in [6.45, 7) is 0. The molecule has 0 fully saturated rings. The van der Waals surface area contributed by atoms with Gasteiger partial charge in [0.2, 0.25) is 5.89 Å². The average Bonchev–Trinajstić information content (AvgIpc) is 3.94. The normalized spacial score (nSPS) is 14.4. The molecule has 0 saturated carbocycles. The summed E-state index contributed by atoms with van der Waals surface area (Å²) < 4.78 is 97.1. The van der Waals surface area contributed by atoms with Crippen molar-refractivity contribution in [2.24, 2.45) is 0 Å². The first-order valence-electron chi connectivity index (χ1n) is 19.7. The Kier molecular flexibility index (Phi) is 4.18. The largest absolute Gasteiger partial charge is 0.456 e. The Labute approximate surface area is 287 Å². The molecule has 7 aromatic carbocycles. The van der Waals surface area contributed by atoms with Crippen LogP contribution in [0.4, 0.5) is 17.1 Å². The van der Waals surface area contributed by atoms with Gasteiger partial charge in [-0.05, 0) is 89.9 Å². The number of nitrogens with zero attached hydrogens (tertiary/aromatic N) is 2. The summed E-state index contributed by atoms with van der Waals surface area (Å²) in [5, 5.41) is 3.18. The zero-order valence-corrected chi connectivity index (χ0v) is 24.9. The molecule has 0 amide bonds. The van der Waals surface area contributed by atoms with Crippen molar-refractivity contribution in [2.75, 3.05) is 4.90 Å². The van der Waals surface area contributed by atoms with E-state index in [0.29, 0.717) is 45.2 Å². The van der Waals surface area contributed by atoms with E-state index < -0.39 is 65.5 Å². The van der Waals surface area contributed by atoms with Crippen molar-refractivity contribution in [2.45, 2.75) is 0 Å². The molecule has 0 aliphatic heterocycles. The zero-order chi connectivity index (χ0) is 39.4. The fraction of sp³-hybridized carbons (Fsp3) is 0. The van der Waals surface area contributed by atoms with Crippen LogP contribution in [-0.2, 0) is 0 Å². The molecule has 226 valence electrons. The molecule has 0 saturated heterocycles. The Hall–Kier alpha value is -6.59. The highest BCUT2D eigenvalue weighted by Gasteiger charge is 2.18. The van der Waals surface area contributed by atoms with Crippen LogP contribution in [0.1, 0.15) is 12.3 Å². The van der Waals surface area contributed by atoms with Crippen molar-refractivity contribution in [1.29, 1.82) is 0 Å². The van der Waals surface area contributed by atoms with Crippen molar-refractivity contribution in [3.05, 3.63) is 158 Å². The summed E-state index contributed by atoms with van der Waals surface area (Å²) in [6, 6.07) is 26.3. The van der Waals surface area contributed by atoms with Crippen molar-refractivity contribution < 1.29 is 25.6 Å². The number of rotatable bonds is 5. The van der Waals surface area contributed by atoms with Gasteiger partial charge in [-0.1, -0.05) is 72.6 Å². The van der Waals surface area contributed by atoms with Gasteiger partial charge in [-0.2, -0.15) is 0 Å². The van der Waals surface area contributed by atoms with Crippen LogP contribution in [0.5, 0.6) is 0 Å². The molecule has 0 aliphatic rings. The topological polar surface area (TPSA) is 55.6 Å². The van der Waals surface area contributed by atoms with Crippen molar-refractivity contribution in [3.8, 4) is 22.6 Å². The number of fused-ring (bicyclic) bond motifs is 7. The zero-order valence-electron chi connectivity index (χ0n) is 33.9. The van der Waals surface area contributed by atoms with Gasteiger partial charge in [0, 0.05) is 50.2 Å². The molecule has 0 radical (unpaired) electrons. The summed E-state index contributed by atoms with van der Waals surface area (Å²) in [4.78, 5) is 6.25. The van der Waals surface area contributed by atoms with E-state index in [1.165, 1.54) is 0 Å². The van der Waals surface area contributed by atoms with Crippen LogP contribution in [0.2, 0.25) is 0 Å². The molecule has 0 unspecified atom stereocenters. The third-order valence-electron chi connectivity index (χ3n) is 8.46. The van der Waals surface area contributed by atoms with Crippen LogP contribution in [-0.4, -0.2) is 4.98 Å². The van der Waals surface area contributed by atoms with Gasteiger partial charge >= 0.3 is 0 Å². The Morgan fingerprint density at radius 3 is 1.94 bits per heavy atom. The maximum atomic E-state index is 9.36. The summed E-state index contributed by atoms with van der Waals surface area (Å²) in [5.74, 6) is 0.466. The Bertz CT molecular complexity index is 3240. The number of furan rings is 2. The van der Waals surface area contributed by atoms with Crippen LogP contribution in [0.15, 0.2) is 171 Å². The first-order valence-corrected chi connectivity index (χ1v) is 15.2. The molecule has 3 aromatic heterocycles. The van der Waals surface area contributed by atoms with Crippen LogP contribution in [0.25, 0.3) is 77.6 Å². The summed E-state index contributed by atoms with van der Waals surface area (Å²) in [6.07, 6.45) is 0. The molecular formula is C43H26N2O3. The second-order valence-electron chi connectivity index (χ2n) is 11.3. The predicted octanol–water partition coefficient (Wildman–Crippen LogP) is 12.4. The molecule has 5 nitrogen and oxygen atoms in total. The van der Waals surface area contributed by atoms with E-state index in [4.69, 9.17) is 22.8 Å². The highest BCUT2D eigenvalue weighted by atomic mass is 16.3. The number of oxazole rings is 1. The SMILES string of the molecule is [2H]c1c([2H])c([2H])c(-c2c([2H])c([2H])c(N(c3ccc4c(c3)oc3ccc(-c5nc6ccccc6o5)cc34)c3ccc4oc5ccccc5c4c3)c([2H])c2[2H])c([2H])c1[2H]. The lowest BCUT2D eigenvalue weighted by atomic mass is 10.0. The molecule has 0 aliphatic carbocycles. The van der Waals surface area contributed by atoms with E-state index >= 15 is 0 Å². The first-order chi connectivity index (χ1) is 27.5. The van der Waals surface area contributed by atoms with Gasteiger partial charge in [0.15, 0.2) is 5.58 Å². The van der Waals surface area contributed by atoms with E-state index in [9.17, 15) is 2.74 Å². The number of anilines is 3. The van der Waals surface area contributed by atoms with Gasteiger partial charge in [-0.3, -0.25) is 0 Å². The lowest BCUT2D eigenvalue weighted by Crippen LogP contribution is -2.09. The highest BCUT2D eigenvalue weighted by Crippen LogP contribution is 2.42. The van der Waals surface area contributed by atoms with Crippen LogP contribution >= 0.6 is 0 Å². The third kappa shape index (κ3) is 4.29. The van der Waals surface area contributed by atoms with Crippen LogP contribution in [0.3, 0.4) is 0 Å². The van der Waals surface area contributed by atoms with E-state index in [1.807, 2.05) is 78.9 Å². The molecule has 5 heteroatoms. The van der Waals surface area contributed by atoms with Gasteiger partial charge in [-0.15, -0.1) is 0 Å². The van der Waals surface area contributed by atoms with Crippen molar-refractivity contribution >= 4 is 72.0 Å². The fourth-order valence-electron chi connectivity index (χ4n) is 6.21. The molecule has 0 bridgehead atoms. The number of hydrogen-bond donors (Lipinski definition) is 0. The molecule has 10 rings (SSSR count). The lowest BCUT2D eigenvalue weighted by molar-refractivity contribution is 0.620. The van der Waals surface area contributed by atoms with Gasteiger partial charge in [-0.25, -0.2) is 4.98 Å². The van der Waals surface area contributed by atoms with Gasteiger partial charge in [0.1, 0.15) is 27.8 Å². The average molecular weight is 628 g/mol. The van der Waals surface area contributed by atoms with Gasteiger partial charge < -0.3 is 18.2 Å². The lowest BCUT2D eigenvalue weighted by Gasteiger charge is -2.25. The highest BCUT2D eigenvalue weighted by molar-refractivity contribution is 6.08. The van der Waals surface area contributed by atoms with Gasteiger partial charge in [0.05, 0.1) is 12.3 Å². The second-order valence-corrected chi connectivity index (χ2v) is 11.3. The van der Waals surface area contributed by atoms with Crippen LogP contribution < -0.4 is 4.90 Å². The second kappa shape index (κ2) is 10.5. The third-order valence-corrected chi connectivity index (χ3v) is 8.46. The number of hydrogen-bond acceptors (Lipinski definition) is 5. The molecular weight excluding hydrogens is 592 g/mol. The van der Waals surface area contributed by atoms with Crippen molar-refractivity contribution in [3.63, 3.8) is 0 Å². The molecule has 10 aromatic rings. The monoisotopic (exact) mass is 627 g/mol. The first kappa shape index (κ1) is 19.2. The minimum absolute atomic E-state index is 0.123. The van der Waals surface area contributed by atoms with Crippen molar-refractivity contribution in [1.82, 2.24) is 4.98 Å². The minimum atomic E-state index is -0.644. The maximum absolute atomic E-state index is 9.36. The summed E-state index contributed by atoms with van der Waals surface area (Å²) in [7, 11) is 0. The van der Waals surface area contributed by atoms with E-state index in [2.05, 4.69) is 4.98 Å². The minimum Gasteiger partial charge on any atom is -0.456 e. The molecule has 3 heterocycles. The van der Waals surface area contributed by atoms with Crippen LogP contribution in [0, 0.1) is 0 Å². The Morgan fingerprint density at radius 2 is 1.08 bits per heavy atom. The smallest absolute Gasteiger partial charge is 0.227 e. The maximum Gasteiger partial charge on any atom is 0.227 e. The summed E-state index contributed by atoms with van der Waals surface area (Å²) in [5.41, 5.74) is 4.55. The van der Waals surface area contributed by atoms with Gasteiger partial charge in [0.25, 0.3) is 0 Å². The molecule has 48 heavy (non-hydrogen) atoms. The Balaban J connectivity index is 1.19. The van der Waals surface area contributed by atoms with E-state index in [0.717, 1.165) is 32.6 Å². The quantitative estimate of drug-likeness (QED) is 0.190.